The van der Waals surface area contributed by atoms with Gasteiger partial charge >= 0.3 is 11.9 Å². The highest BCUT2D eigenvalue weighted by molar-refractivity contribution is 5.81. The van der Waals surface area contributed by atoms with Gasteiger partial charge in [-0.25, -0.2) is 0 Å². The average molecular weight is 451 g/mol. The van der Waals surface area contributed by atoms with Crippen molar-refractivity contribution in [3.63, 3.8) is 0 Å². The fourth-order valence-electron chi connectivity index (χ4n) is 4.69. The SMILES string of the molecule is CCCCCCCCCCC/C=C/CCCCCCCOC(=O)C1CCCCC1C(=O)O. The molecule has 1 N–H and O–H groups in total. The Balaban J connectivity index is 1.86. The molecule has 1 aliphatic carbocycles. The molecular weight excluding hydrogens is 400 g/mol. The van der Waals surface area contributed by atoms with Crippen LogP contribution in [0.15, 0.2) is 12.2 Å². The third-order valence-corrected chi connectivity index (χ3v) is 6.79. The molecule has 0 spiro atoms. The second-order valence-corrected chi connectivity index (χ2v) is 9.65. The Labute approximate surface area is 197 Å². The molecule has 1 rings (SSSR count). The van der Waals surface area contributed by atoms with E-state index in [4.69, 9.17) is 4.74 Å². The number of ether oxygens (including phenoxy) is 1. The van der Waals surface area contributed by atoms with Crippen LogP contribution in [0.25, 0.3) is 0 Å². The Kier molecular flexibility index (Phi) is 18.2. The van der Waals surface area contributed by atoms with Gasteiger partial charge in [-0.05, 0) is 44.9 Å². The minimum absolute atomic E-state index is 0.297. The maximum atomic E-state index is 12.2. The van der Waals surface area contributed by atoms with Crippen LogP contribution in [0.5, 0.6) is 0 Å². The molecule has 0 aromatic rings. The van der Waals surface area contributed by atoms with Crippen LogP contribution < -0.4 is 0 Å². The minimum Gasteiger partial charge on any atom is -0.481 e. The summed E-state index contributed by atoms with van der Waals surface area (Å²) >= 11 is 0. The number of aliphatic carboxylic acids is 1. The molecule has 1 fully saturated rings. The van der Waals surface area contributed by atoms with Crippen LogP contribution in [0.4, 0.5) is 0 Å². The molecule has 0 heterocycles. The quantitative estimate of drug-likeness (QED) is 0.115. The van der Waals surface area contributed by atoms with Gasteiger partial charge in [0.2, 0.25) is 0 Å². The van der Waals surface area contributed by atoms with E-state index in [0.29, 0.717) is 19.4 Å². The number of esters is 1. The lowest BCUT2D eigenvalue weighted by Gasteiger charge is -2.26. The number of hydrogen-bond donors (Lipinski definition) is 1. The average Bonchev–Trinajstić information content (AvgIpc) is 2.80. The van der Waals surface area contributed by atoms with Gasteiger partial charge in [0.1, 0.15) is 0 Å². The second kappa shape index (κ2) is 20.3. The maximum Gasteiger partial charge on any atom is 0.309 e. The largest absolute Gasteiger partial charge is 0.481 e. The van der Waals surface area contributed by atoms with E-state index in [-0.39, 0.29) is 5.97 Å². The summed E-state index contributed by atoms with van der Waals surface area (Å²) < 4.78 is 5.38. The van der Waals surface area contributed by atoms with Gasteiger partial charge in [-0.1, -0.05) is 103 Å². The lowest BCUT2D eigenvalue weighted by Crippen LogP contribution is -2.33. The summed E-state index contributed by atoms with van der Waals surface area (Å²) in [5, 5.41) is 9.28. The van der Waals surface area contributed by atoms with Gasteiger partial charge in [0.15, 0.2) is 0 Å². The highest BCUT2D eigenvalue weighted by Crippen LogP contribution is 2.31. The number of rotatable bonds is 20. The van der Waals surface area contributed by atoms with Crippen LogP contribution in [0.2, 0.25) is 0 Å². The van der Waals surface area contributed by atoms with E-state index in [1.54, 1.807) is 0 Å². The summed E-state index contributed by atoms with van der Waals surface area (Å²) in [5.74, 6) is -2.14. The molecule has 0 radical (unpaired) electrons. The van der Waals surface area contributed by atoms with Crippen molar-refractivity contribution in [3.8, 4) is 0 Å². The monoisotopic (exact) mass is 450 g/mol. The molecule has 0 aliphatic heterocycles. The number of allylic oxidation sites excluding steroid dienone is 2. The van der Waals surface area contributed by atoms with Crippen molar-refractivity contribution in [1.29, 1.82) is 0 Å². The Morgan fingerprint density at radius 2 is 1.19 bits per heavy atom. The van der Waals surface area contributed by atoms with Crippen molar-refractivity contribution in [2.45, 2.75) is 135 Å². The van der Waals surface area contributed by atoms with Crippen molar-refractivity contribution in [1.82, 2.24) is 0 Å². The first-order valence-corrected chi connectivity index (χ1v) is 13.7. The van der Waals surface area contributed by atoms with Crippen molar-refractivity contribution in [3.05, 3.63) is 12.2 Å². The molecule has 4 heteroatoms. The van der Waals surface area contributed by atoms with Gasteiger partial charge in [0.25, 0.3) is 0 Å². The molecule has 0 aromatic carbocycles. The van der Waals surface area contributed by atoms with E-state index in [1.165, 1.54) is 89.9 Å². The lowest BCUT2D eigenvalue weighted by atomic mass is 9.79. The zero-order chi connectivity index (χ0) is 23.3. The highest BCUT2D eigenvalue weighted by Gasteiger charge is 2.36. The van der Waals surface area contributed by atoms with Gasteiger partial charge in [-0.3, -0.25) is 9.59 Å². The van der Waals surface area contributed by atoms with Crippen LogP contribution in [0.3, 0.4) is 0 Å². The van der Waals surface area contributed by atoms with Gasteiger partial charge in [-0.15, -0.1) is 0 Å². The Morgan fingerprint density at radius 1 is 0.719 bits per heavy atom. The fourth-order valence-corrected chi connectivity index (χ4v) is 4.69. The molecule has 0 bridgehead atoms. The van der Waals surface area contributed by atoms with Gasteiger partial charge in [0.05, 0.1) is 18.4 Å². The molecule has 1 aliphatic rings. The minimum atomic E-state index is -0.853. The molecule has 32 heavy (non-hydrogen) atoms. The van der Waals surface area contributed by atoms with Crippen molar-refractivity contribution in [2.24, 2.45) is 11.8 Å². The number of carbonyl (C=O) groups excluding carboxylic acids is 1. The Hall–Kier alpha value is -1.32. The number of hydrogen-bond acceptors (Lipinski definition) is 3. The zero-order valence-corrected chi connectivity index (χ0v) is 20.8. The Bertz CT molecular complexity index is 500. The molecule has 1 saturated carbocycles. The number of carboxylic acids is 1. The molecule has 2 atom stereocenters. The molecule has 186 valence electrons. The molecule has 4 nitrogen and oxygen atoms in total. The van der Waals surface area contributed by atoms with Gasteiger partial charge in [0, 0.05) is 0 Å². The number of carbonyl (C=O) groups is 2. The van der Waals surface area contributed by atoms with Gasteiger partial charge in [-0.2, -0.15) is 0 Å². The normalized spacial score (nSPS) is 18.8. The van der Waals surface area contributed by atoms with E-state index in [1.807, 2.05) is 0 Å². The van der Waals surface area contributed by atoms with Crippen LogP contribution in [-0.2, 0) is 14.3 Å². The number of carboxylic acid groups (broad SMARTS) is 1. The molecule has 2 unspecified atom stereocenters. The summed E-state index contributed by atoms with van der Waals surface area (Å²) in [5.41, 5.74) is 0. The van der Waals surface area contributed by atoms with Crippen LogP contribution in [-0.4, -0.2) is 23.7 Å². The van der Waals surface area contributed by atoms with E-state index >= 15 is 0 Å². The summed E-state index contributed by atoms with van der Waals surface area (Å²) in [6.45, 7) is 2.70. The van der Waals surface area contributed by atoms with Crippen LogP contribution in [0, 0.1) is 11.8 Å². The fraction of sp³-hybridized carbons (Fsp3) is 0.857. The van der Waals surface area contributed by atoms with Crippen molar-refractivity contribution >= 4 is 11.9 Å². The predicted molar refractivity (Wildman–Crippen MR) is 133 cm³/mol. The maximum absolute atomic E-state index is 12.2. The van der Waals surface area contributed by atoms with E-state index < -0.39 is 17.8 Å². The third kappa shape index (κ3) is 14.7. The van der Waals surface area contributed by atoms with Crippen molar-refractivity contribution in [2.75, 3.05) is 6.61 Å². The highest BCUT2D eigenvalue weighted by atomic mass is 16.5. The number of unbranched alkanes of at least 4 members (excludes halogenated alkanes) is 14. The summed E-state index contributed by atoms with van der Waals surface area (Å²) in [6, 6.07) is 0. The van der Waals surface area contributed by atoms with Crippen LogP contribution in [0.1, 0.15) is 135 Å². The molecule has 0 saturated heterocycles. The smallest absolute Gasteiger partial charge is 0.309 e. The van der Waals surface area contributed by atoms with E-state index in [9.17, 15) is 14.7 Å². The predicted octanol–water partition coefficient (Wildman–Crippen LogP) is 8.24. The second-order valence-electron chi connectivity index (χ2n) is 9.65. The first-order chi connectivity index (χ1) is 15.7. The zero-order valence-electron chi connectivity index (χ0n) is 20.8. The van der Waals surface area contributed by atoms with Crippen LogP contribution >= 0.6 is 0 Å². The molecular formula is C28H50O4. The van der Waals surface area contributed by atoms with E-state index in [0.717, 1.165) is 25.7 Å². The summed E-state index contributed by atoms with van der Waals surface area (Å²) in [7, 11) is 0. The summed E-state index contributed by atoms with van der Waals surface area (Å²) in [4.78, 5) is 23.5. The topological polar surface area (TPSA) is 63.6 Å². The standard InChI is InChI=1S/C28H50O4/c1-2-3-4-5-6-7-8-9-10-11-12-13-14-15-16-17-18-21-24-32-28(31)26-23-20-19-22-25(26)27(29)30/h12-13,25-26H,2-11,14-24H2,1H3,(H,29,30)/b13-12+. The first kappa shape index (κ1) is 28.7. The molecule has 0 amide bonds. The van der Waals surface area contributed by atoms with Gasteiger partial charge < -0.3 is 9.84 Å². The first-order valence-electron chi connectivity index (χ1n) is 13.7. The lowest BCUT2D eigenvalue weighted by molar-refractivity contribution is -0.159. The molecule has 0 aromatic heterocycles. The van der Waals surface area contributed by atoms with Crippen molar-refractivity contribution < 1.29 is 19.4 Å². The Morgan fingerprint density at radius 3 is 1.72 bits per heavy atom. The third-order valence-electron chi connectivity index (χ3n) is 6.79. The summed E-state index contributed by atoms with van der Waals surface area (Å²) in [6.07, 6.45) is 28.3. The van der Waals surface area contributed by atoms with E-state index in [2.05, 4.69) is 19.1 Å².